The Morgan fingerprint density at radius 2 is 2.05 bits per heavy atom. The molecule has 0 radical (unpaired) electrons. The van der Waals surface area contributed by atoms with Gasteiger partial charge >= 0.3 is 5.97 Å². The van der Waals surface area contributed by atoms with Crippen molar-refractivity contribution in [2.75, 3.05) is 13.2 Å². The summed E-state index contributed by atoms with van der Waals surface area (Å²) in [7, 11) is 0. The summed E-state index contributed by atoms with van der Waals surface area (Å²) < 4.78 is 6.78. The van der Waals surface area contributed by atoms with Crippen molar-refractivity contribution >= 4 is 5.97 Å². The van der Waals surface area contributed by atoms with E-state index in [0.29, 0.717) is 24.3 Å². The van der Waals surface area contributed by atoms with Gasteiger partial charge in [0.1, 0.15) is 5.56 Å². The van der Waals surface area contributed by atoms with Crippen LogP contribution in [0.5, 0.6) is 0 Å². The second-order valence-electron chi connectivity index (χ2n) is 4.35. The number of aliphatic hydroxyl groups is 1. The van der Waals surface area contributed by atoms with Gasteiger partial charge < -0.3 is 9.84 Å². The molecule has 5 nitrogen and oxygen atoms in total. The number of esters is 1. The molecule has 0 unspecified atom stereocenters. The van der Waals surface area contributed by atoms with Crippen molar-refractivity contribution in [1.82, 2.24) is 9.78 Å². The molecule has 0 amide bonds. The maximum atomic E-state index is 12.0. The molecule has 1 heterocycles. The Kier molecular flexibility index (Phi) is 4.53. The smallest absolute Gasteiger partial charge is 0.341 e. The molecule has 0 aliphatic rings. The number of nitrogens with zero attached hydrogens (tertiary/aromatic N) is 2. The first kappa shape index (κ1) is 14.3. The van der Waals surface area contributed by atoms with Gasteiger partial charge in [0.15, 0.2) is 0 Å². The van der Waals surface area contributed by atoms with Crippen LogP contribution in [-0.2, 0) is 11.2 Å². The number of ether oxygens (including phenoxy) is 1. The van der Waals surface area contributed by atoms with Gasteiger partial charge in [0, 0.05) is 13.0 Å². The fourth-order valence-corrected chi connectivity index (χ4v) is 2.13. The van der Waals surface area contributed by atoms with Crippen LogP contribution in [-0.4, -0.2) is 34.1 Å². The highest BCUT2D eigenvalue weighted by Gasteiger charge is 2.22. The largest absolute Gasteiger partial charge is 0.462 e. The summed E-state index contributed by atoms with van der Waals surface area (Å²) in [5.41, 5.74) is 2.61. The molecule has 5 heteroatoms. The zero-order chi connectivity index (χ0) is 14.5. The molecule has 2 rings (SSSR count). The first-order chi connectivity index (χ1) is 9.69. The van der Waals surface area contributed by atoms with E-state index in [1.165, 1.54) is 0 Å². The summed E-state index contributed by atoms with van der Waals surface area (Å²) in [6.45, 7) is 3.85. The fraction of sp³-hybridized carbons (Fsp3) is 0.333. The van der Waals surface area contributed by atoms with E-state index in [0.717, 1.165) is 11.4 Å². The van der Waals surface area contributed by atoms with E-state index in [1.54, 1.807) is 11.6 Å². The fourth-order valence-electron chi connectivity index (χ4n) is 2.13. The Morgan fingerprint density at radius 1 is 1.35 bits per heavy atom. The average Bonchev–Trinajstić information content (AvgIpc) is 2.77. The van der Waals surface area contributed by atoms with Crippen molar-refractivity contribution in [2.24, 2.45) is 0 Å². The minimum Gasteiger partial charge on any atom is -0.462 e. The van der Waals surface area contributed by atoms with E-state index >= 15 is 0 Å². The van der Waals surface area contributed by atoms with E-state index in [1.807, 2.05) is 37.3 Å². The van der Waals surface area contributed by atoms with Crippen LogP contribution in [0.4, 0.5) is 0 Å². The van der Waals surface area contributed by atoms with Crippen LogP contribution < -0.4 is 0 Å². The standard InChI is InChI=1S/C15H18N2O3/c1-3-20-15(19)14-11(2)17(16-13(14)9-10-18)12-7-5-4-6-8-12/h4-8,18H,3,9-10H2,1-2H3. The number of aromatic nitrogens is 2. The summed E-state index contributed by atoms with van der Waals surface area (Å²) in [5.74, 6) is -0.393. The molecule has 1 aromatic heterocycles. The van der Waals surface area contributed by atoms with Crippen LogP contribution in [0.25, 0.3) is 5.69 Å². The maximum Gasteiger partial charge on any atom is 0.341 e. The molecular weight excluding hydrogens is 256 g/mol. The minimum absolute atomic E-state index is 0.0579. The molecule has 20 heavy (non-hydrogen) atoms. The van der Waals surface area contributed by atoms with Crippen molar-refractivity contribution in [3.63, 3.8) is 0 Å². The topological polar surface area (TPSA) is 64.3 Å². The van der Waals surface area contributed by atoms with E-state index in [9.17, 15) is 4.79 Å². The normalized spacial score (nSPS) is 10.6. The monoisotopic (exact) mass is 274 g/mol. The van der Waals surface area contributed by atoms with Crippen LogP contribution in [0.15, 0.2) is 30.3 Å². The predicted octanol–water partition coefficient (Wildman–Crippen LogP) is 1.89. The highest BCUT2D eigenvalue weighted by atomic mass is 16.5. The van der Waals surface area contributed by atoms with Gasteiger partial charge in [-0.2, -0.15) is 5.10 Å². The summed E-state index contributed by atoms with van der Waals surface area (Å²) in [6.07, 6.45) is 0.328. The molecule has 1 N–H and O–H groups in total. The minimum atomic E-state index is -0.393. The van der Waals surface area contributed by atoms with Crippen LogP contribution in [0.3, 0.4) is 0 Å². The number of para-hydroxylation sites is 1. The van der Waals surface area contributed by atoms with Gasteiger partial charge in [-0.05, 0) is 26.0 Å². The molecular formula is C15H18N2O3. The van der Waals surface area contributed by atoms with Gasteiger partial charge in [-0.1, -0.05) is 18.2 Å². The summed E-state index contributed by atoms with van der Waals surface area (Å²) in [6, 6.07) is 9.57. The second-order valence-corrected chi connectivity index (χ2v) is 4.35. The lowest BCUT2D eigenvalue weighted by Crippen LogP contribution is -2.09. The second kappa shape index (κ2) is 6.34. The Bertz CT molecular complexity index is 591. The van der Waals surface area contributed by atoms with E-state index in [4.69, 9.17) is 9.84 Å². The number of benzene rings is 1. The van der Waals surface area contributed by atoms with Crippen LogP contribution in [0.1, 0.15) is 28.7 Å². The van der Waals surface area contributed by atoms with E-state index < -0.39 is 5.97 Å². The first-order valence-corrected chi connectivity index (χ1v) is 6.61. The third kappa shape index (κ3) is 2.72. The van der Waals surface area contributed by atoms with Crippen molar-refractivity contribution in [3.05, 3.63) is 47.3 Å². The van der Waals surface area contributed by atoms with Crippen molar-refractivity contribution in [3.8, 4) is 5.69 Å². The number of carbonyl (C=O) groups excluding carboxylic acids is 1. The number of hydrogen-bond acceptors (Lipinski definition) is 4. The van der Waals surface area contributed by atoms with Gasteiger partial charge in [0.05, 0.1) is 23.7 Å². The Balaban J connectivity index is 2.50. The Morgan fingerprint density at radius 3 is 2.65 bits per heavy atom. The van der Waals surface area contributed by atoms with E-state index in [2.05, 4.69) is 5.10 Å². The number of rotatable bonds is 5. The Labute approximate surface area is 117 Å². The first-order valence-electron chi connectivity index (χ1n) is 6.61. The number of carbonyl (C=O) groups is 1. The molecule has 0 saturated heterocycles. The molecule has 0 bridgehead atoms. The van der Waals surface area contributed by atoms with Crippen molar-refractivity contribution in [1.29, 1.82) is 0 Å². The lowest BCUT2D eigenvalue weighted by atomic mass is 10.1. The van der Waals surface area contributed by atoms with Crippen LogP contribution in [0.2, 0.25) is 0 Å². The summed E-state index contributed by atoms with van der Waals surface area (Å²) in [4.78, 5) is 12.0. The Hall–Kier alpha value is -2.14. The molecule has 0 aliphatic carbocycles. The number of aliphatic hydroxyl groups excluding tert-OH is 1. The van der Waals surface area contributed by atoms with Crippen LogP contribution in [0, 0.1) is 6.92 Å². The van der Waals surface area contributed by atoms with Gasteiger partial charge in [0.25, 0.3) is 0 Å². The van der Waals surface area contributed by atoms with Crippen molar-refractivity contribution in [2.45, 2.75) is 20.3 Å². The molecule has 2 aromatic rings. The summed E-state index contributed by atoms with van der Waals surface area (Å²) in [5, 5.41) is 13.6. The SMILES string of the molecule is CCOC(=O)c1c(CCO)nn(-c2ccccc2)c1C. The lowest BCUT2D eigenvalue weighted by molar-refractivity contribution is 0.0524. The van der Waals surface area contributed by atoms with Gasteiger partial charge in [-0.15, -0.1) is 0 Å². The zero-order valence-corrected chi connectivity index (χ0v) is 11.7. The third-order valence-electron chi connectivity index (χ3n) is 3.02. The summed E-state index contributed by atoms with van der Waals surface area (Å²) >= 11 is 0. The van der Waals surface area contributed by atoms with Crippen LogP contribution >= 0.6 is 0 Å². The predicted molar refractivity (Wildman–Crippen MR) is 75.0 cm³/mol. The maximum absolute atomic E-state index is 12.0. The van der Waals surface area contributed by atoms with Gasteiger partial charge in [-0.25, -0.2) is 9.48 Å². The lowest BCUT2D eigenvalue weighted by Gasteiger charge is -2.05. The number of hydrogen-bond donors (Lipinski definition) is 1. The quantitative estimate of drug-likeness (QED) is 0.846. The highest BCUT2D eigenvalue weighted by molar-refractivity contribution is 5.92. The molecule has 0 spiro atoms. The average molecular weight is 274 g/mol. The van der Waals surface area contributed by atoms with Crippen molar-refractivity contribution < 1.29 is 14.6 Å². The highest BCUT2D eigenvalue weighted by Crippen LogP contribution is 2.19. The molecule has 1 aromatic carbocycles. The third-order valence-corrected chi connectivity index (χ3v) is 3.02. The molecule has 106 valence electrons. The molecule has 0 saturated carbocycles. The van der Waals surface area contributed by atoms with Gasteiger partial charge in [-0.3, -0.25) is 0 Å². The molecule has 0 atom stereocenters. The molecule has 0 aliphatic heterocycles. The zero-order valence-electron chi connectivity index (χ0n) is 11.7. The van der Waals surface area contributed by atoms with Gasteiger partial charge in [0.2, 0.25) is 0 Å². The van der Waals surface area contributed by atoms with E-state index in [-0.39, 0.29) is 6.61 Å². The molecule has 0 fully saturated rings.